The Balaban J connectivity index is 2.74. The lowest BCUT2D eigenvalue weighted by atomic mass is 9.77. The molecule has 1 aliphatic carbocycles. The van der Waals surface area contributed by atoms with Crippen molar-refractivity contribution in [1.29, 1.82) is 0 Å². The second kappa shape index (κ2) is 6.41. The third-order valence-electron chi connectivity index (χ3n) is 3.67. The molecule has 2 nitrogen and oxygen atoms in total. The van der Waals surface area contributed by atoms with E-state index in [2.05, 4.69) is 25.7 Å². The Labute approximate surface area is 100 Å². The summed E-state index contributed by atoms with van der Waals surface area (Å²) >= 11 is 0. The summed E-state index contributed by atoms with van der Waals surface area (Å²) in [6.45, 7) is 9.05. The molecule has 0 heterocycles. The molecule has 16 heavy (non-hydrogen) atoms. The Morgan fingerprint density at radius 1 is 1.38 bits per heavy atom. The number of likely N-dealkylation sites (N-methyl/N-ethyl adjacent to an activating group) is 1. The van der Waals surface area contributed by atoms with Gasteiger partial charge in [-0.2, -0.15) is 0 Å². The van der Waals surface area contributed by atoms with Crippen molar-refractivity contribution in [3.8, 4) is 0 Å². The summed E-state index contributed by atoms with van der Waals surface area (Å²) < 4.78 is 6.12. The fourth-order valence-electron chi connectivity index (χ4n) is 2.93. The largest absolute Gasteiger partial charge is 0.374 e. The predicted molar refractivity (Wildman–Crippen MR) is 69.7 cm³/mol. The lowest BCUT2D eigenvalue weighted by Gasteiger charge is -2.43. The van der Waals surface area contributed by atoms with Crippen LogP contribution in [0.4, 0.5) is 0 Å². The van der Waals surface area contributed by atoms with Crippen LogP contribution in [0, 0.1) is 0 Å². The molecule has 0 spiro atoms. The molecular formula is C14H27NO. The normalized spacial score (nSPS) is 21.7. The summed E-state index contributed by atoms with van der Waals surface area (Å²) in [6.07, 6.45) is 7.37. The molecule has 1 saturated carbocycles. The van der Waals surface area contributed by atoms with E-state index in [1.807, 2.05) is 7.05 Å². The Bertz CT molecular complexity index is 213. The Kier molecular flexibility index (Phi) is 5.50. The zero-order valence-corrected chi connectivity index (χ0v) is 11.1. The van der Waals surface area contributed by atoms with E-state index < -0.39 is 0 Å². The molecule has 0 aromatic carbocycles. The fraction of sp³-hybridized carbons (Fsp3) is 0.857. The lowest BCUT2D eigenvalue weighted by molar-refractivity contribution is -0.0883. The third-order valence-corrected chi connectivity index (χ3v) is 3.67. The van der Waals surface area contributed by atoms with Crippen LogP contribution in [0.2, 0.25) is 0 Å². The van der Waals surface area contributed by atoms with Gasteiger partial charge in [-0.05, 0) is 40.2 Å². The lowest BCUT2D eigenvalue weighted by Crippen LogP contribution is -2.52. The Hall–Kier alpha value is -0.340. The van der Waals surface area contributed by atoms with E-state index in [9.17, 15) is 0 Å². The van der Waals surface area contributed by atoms with Crippen LogP contribution in [0.25, 0.3) is 0 Å². The summed E-state index contributed by atoms with van der Waals surface area (Å²) in [5.41, 5.74) is 1.30. The molecule has 2 heteroatoms. The van der Waals surface area contributed by atoms with Crippen molar-refractivity contribution in [3.63, 3.8) is 0 Å². The molecular weight excluding hydrogens is 198 g/mol. The van der Waals surface area contributed by atoms with Gasteiger partial charge in [0.25, 0.3) is 0 Å². The SMILES string of the molecule is C=C(C)CC(NC)C1(OCC)CCCCC1. The highest BCUT2D eigenvalue weighted by atomic mass is 16.5. The van der Waals surface area contributed by atoms with Gasteiger partial charge in [-0.15, -0.1) is 6.58 Å². The average molecular weight is 225 g/mol. The zero-order chi connectivity index (χ0) is 12.0. The van der Waals surface area contributed by atoms with Crippen molar-refractivity contribution in [2.45, 2.75) is 64.0 Å². The van der Waals surface area contributed by atoms with Gasteiger partial charge in [-0.25, -0.2) is 0 Å². The molecule has 1 atom stereocenters. The number of hydrogen-bond donors (Lipinski definition) is 1. The molecule has 0 bridgehead atoms. The highest BCUT2D eigenvalue weighted by molar-refractivity contribution is 5.02. The third kappa shape index (κ3) is 3.33. The smallest absolute Gasteiger partial charge is 0.0837 e. The molecule has 1 aliphatic rings. The summed E-state index contributed by atoms with van der Waals surface area (Å²) in [6, 6.07) is 0.422. The molecule has 0 radical (unpaired) electrons. The topological polar surface area (TPSA) is 21.3 Å². The molecule has 1 N–H and O–H groups in total. The van der Waals surface area contributed by atoms with Crippen molar-refractivity contribution in [1.82, 2.24) is 5.32 Å². The quantitative estimate of drug-likeness (QED) is 0.700. The van der Waals surface area contributed by atoms with Gasteiger partial charge in [0.1, 0.15) is 0 Å². The molecule has 1 rings (SSSR count). The van der Waals surface area contributed by atoms with Gasteiger partial charge < -0.3 is 10.1 Å². The minimum absolute atomic E-state index is 0.0563. The Morgan fingerprint density at radius 2 is 2.00 bits per heavy atom. The standard InChI is InChI=1S/C14H27NO/c1-5-16-14(9-7-6-8-10-14)13(15-4)11-12(2)3/h13,15H,2,5-11H2,1,3-4H3. The van der Waals surface area contributed by atoms with Crippen LogP contribution < -0.4 is 5.32 Å². The highest BCUT2D eigenvalue weighted by Crippen LogP contribution is 2.36. The predicted octanol–water partition coefficient (Wildman–Crippen LogP) is 3.28. The van der Waals surface area contributed by atoms with Crippen molar-refractivity contribution in [2.75, 3.05) is 13.7 Å². The van der Waals surface area contributed by atoms with Crippen molar-refractivity contribution in [2.24, 2.45) is 0 Å². The van der Waals surface area contributed by atoms with Crippen LogP contribution in [-0.4, -0.2) is 25.3 Å². The average Bonchev–Trinajstić information content (AvgIpc) is 2.27. The van der Waals surface area contributed by atoms with Crippen LogP contribution in [0.1, 0.15) is 52.4 Å². The molecule has 0 aromatic rings. The van der Waals surface area contributed by atoms with E-state index >= 15 is 0 Å². The number of hydrogen-bond acceptors (Lipinski definition) is 2. The second-order valence-electron chi connectivity index (χ2n) is 5.06. The van der Waals surface area contributed by atoms with E-state index in [1.165, 1.54) is 37.7 Å². The second-order valence-corrected chi connectivity index (χ2v) is 5.06. The van der Waals surface area contributed by atoms with Crippen molar-refractivity contribution < 1.29 is 4.74 Å². The molecule has 0 aromatic heterocycles. The van der Waals surface area contributed by atoms with E-state index in [-0.39, 0.29) is 5.60 Å². The number of nitrogens with one attached hydrogen (secondary N) is 1. The highest BCUT2D eigenvalue weighted by Gasteiger charge is 2.39. The number of rotatable bonds is 6. The van der Waals surface area contributed by atoms with Gasteiger partial charge in [0.2, 0.25) is 0 Å². The molecule has 0 aliphatic heterocycles. The molecule has 0 saturated heterocycles. The summed E-state index contributed by atoms with van der Waals surface area (Å²) in [5, 5.41) is 3.44. The maximum absolute atomic E-state index is 6.12. The molecule has 94 valence electrons. The van der Waals surface area contributed by atoms with E-state index in [1.54, 1.807) is 0 Å². The first-order chi connectivity index (χ1) is 7.64. The molecule has 1 unspecified atom stereocenters. The van der Waals surface area contributed by atoms with Crippen molar-refractivity contribution in [3.05, 3.63) is 12.2 Å². The summed E-state index contributed by atoms with van der Waals surface area (Å²) in [7, 11) is 2.04. The fourth-order valence-corrected chi connectivity index (χ4v) is 2.93. The van der Waals surface area contributed by atoms with Crippen LogP contribution in [0.15, 0.2) is 12.2 Å². The van der Waals surface area contributed by atoms with Crippen LogP contribution in [-0.2, 0) is 4.74 Å². The van der Waals surface area contributed by atoms with Gasteiger partial charge in [0, 0.05) is 12.6 Å². The van der Waals surface area contributed by atoms with Crippen molar-refractivity contribution >= 4 is 0 Å². The monoisotopic (exact) mass is 225 g/mol. The first-order valence-electron chi connectivity index (χ1n) is 6.60. The minimum atomic E-state index is 0.0563. The van der Waals surface area contributed by atoms with E-state index in [4.69, 9.17) is 4.74 Å². The minimum Gasteiger partial charge on any atom is -0.374 e. The van der Waals surface area contributed by atoms with Gasteiger partial charge >= 0.3 is 0 Å². The van der Waals surface area contributed by atoms with E-state index in [0.717, 1.165) is 13.0 Å². The number of ether oxygens (including phenoxy) is 1. The summed E-state index contributed by atoms with van der Waals surface area (Å²) in [5.74, 6) is 0. The molecule has 0 amide bonds. The van der Waals surface area contributed by atoms with Crippen LogP contribution >= 0.6 is 0 Å². The Morgan fingerprint density at radius 3 is 2.44 bits per heavy atom. The van der Waals surface area contributed by atoms with Gasteiger partial charge in [-0.1, -0.05) is 24.8 Å². The first-order valence-corrected chi connectivity index (χ1v) is 6.60. The van der Waals surface area contributed by atoms with Gasteiger partial charge in [-0.3, -0.25) is 0 Å². The van der Waals surface area contributed by atoms with Gasteiger partial charge in [0.15, 0.2) is 0 Å². The maximum Gasteiger partial charge on any atom is 0.0837 e. The zero-order valence-electron chi connectivity index (χ0n) is 11.1. The molecule has 1 fully saturated rings. The first kappa shape index (κ1) is 13.7. The van der Waals surface area contributed by atoms with E-state index in [0.29, 0.717) is 6.04 Å². The van der Waals surface area contributed by atoms with Crippen LogP contribution in [0.3, 0.4) is 0 Å². The summed E-state index contributed by atoms with van der Waals surface area (Å²) in [4.78, 5) is 0. The van der Waals surface area contributed by atoms with Crippen LogP contribution in [0.5, 0.6) is 0 Å². The maximum atomic E-state index is 6.12. The van der Waals surface area contributed by atoms with Gasteiger partial charge in [0.05, 0.1) is 5.60 Å².